The minimum atomic E-state index is -0.674. The zero-order valence-electron chi connectivity index (χ0n) is 16.3. The van der Waals surface area contributed by atoms with Crippen molar-refractivity contribution in [2.45, 2.75) is 13.8 Å². The predicted octanol–water partition coefficient (Wildman–Crippen LogP) is 2.79. The number of rotatable bonds is 3. The summed E-state index contributed by atoms with van der Waals surface area (Å²) in [5.74, 6) is -1.06. The molecule has 1 heterocycles. The van der Waals surface area contributed by atoms with Crippen LogP contribution in [0.15, 0.2) is 35.3 Å². The van der Waals surface area contributed by atoms with Gasteiger partial charge in [-0.2, -0.15) is 5.26 Å². The molecule has 0 spiro atoms. The average Bonchev–Trinajstić information content (AvgIpc) is 2.69. The van der Waals surface area contributed by atoms with Gasteiger partial charge in [0.25, 0.3) is 5.91 Å². The molecule has 0 bridgehead atoms. The molecule has 0 saturated carbocycles. The third-order valence-electron chi connectivity index (χ3n) is 4.59. The second-order valence-electron chi connectivity index (χ2n) is 7.48. The van der Waals surface area contributed by atoms with Crippen LogP contribution in [-0.4, -0.2) is 37.2 Å². The quantitative estimate of drug-likeness (QED) is 0.740. The number of aliphatic imine (C=N–C) groups is 1. The van der Waals surface area contributed by atoms with Gasteiger partial charge >= 0.3 is 0 Å². The molecule has 1 amide bonds. The van der Waals surface area contributed by atoms with Crippen molar-refractivity contribution in [2.24, 2.45) is 10.4 Å². The SMILES string of the molecule is COc1ccc(F)cc1-c1c(C#N)ccc(O)c1C(=O)NC1=NCC(C)(C)CN1. The molecule has 0 radical (unpaired) electrons. The molecule has 29 heavy (non-hydrogen) atoms. The number of nitriles is 1. The minimum absolute atomic E-state index is 0.0445. The zero-order valence-corrected chi connectivity index (χ0v) is 16.3. The molecule has 0 saturated heterocycles. The van der Waals surface area contributed by atoms with Crippen LogP contribution in [0.1, 0.15) is 29.8 Å². The number of amides is 1. The highest BCUT2D eigenvalue weighted by atomic mass is 19.1. The molecule has 7 nitrogen and oxygen atoms in total. The van der Waals surface area contributed by atoms with Crippen LogP contribution < -0.4 is 15.4 Å². The molecule has 8 heteroatoms. The molecule has 3 N–H and O–H groups in total. The second kappa shape index (κ2) is 7.80. The molecule has 0 aliphatic carbocycles. The fourth-order valence-electron chi connectivity index (χ4n) is 3.05. The molecule has 1 aliphatic rings. The largest absolute Gasteiger partial charge is 0.507 e. The number of hydrogen-bond acceptors (Lipinski definition) is 6. The molecular formula is C21H21FN4O3. The smallest absolute Gasteiger partial charge is 0.262 e. The summed E-state index contributed by atoms with van der Waals surface area (Å²) in [6.45, 7) is 5.21. The standard InChI is InChI=1S/C21H21FN4O3/c1-21(2)10-24-20(25-11-21)26-19(28)18-15(27)6-4-12(9-23)17(18)14-8-13(22)5-7-16(14)29-3/h4-8,27H,10-11H2,1-3H3,(H2,24,25,26,28). The van der Waals surface area contributed by atoms with Crippen molar-refractivity contribution in [1.29, 1.82) is 5.26 Å². The molecule has 1 aliphatic heterocycles. The van der Waals surface area contributed by atoms with E-state index in [1.54, 1.807) is 0 Å². The average molecular weight is 396 g/mol. The first-order valence-corrected chi connectivity index (χ1v) is 8.95. The number of carbonyl (C=O) groups excluding carboxylic acids is 1. The third-order valence-corrected chi connectivity index (χ3v) is 4.59. The van der Waals surface area contributed by atoms with Crippen LogP contribution >= 0.6 is 0 Å². The highest BCUT2D eigenvalue weighted by molar-refractivity contribution is 6.12. The first-order chi connectivity index (χ1) is 13.8. The van der Waals surface area contributed by atoms with Crippen LogP contribution in [0, 0.1) is 22.6 Å². The maximum absolute atomic E-state index is 14.0. The van der Waals surface area contributed by atoms with Gasteiger partial charge in [0.2, 0.25) is 0 Å². The maximum Gasteiger partial charge on any atom is 0.262 e. The minimum Gasteiger partial charge on any atom is -0.507 e. The van der Waals surface area contributed by atoms with Gasteiger partial charge in [-0.25, -0.2) is 4.39 Å². The Morgan fingerprint density at radius 2 is 2.14 bits per heavy atom. The summed E-state index contributed by atoms with van der Waals surface area (Å²) >= 11 is 0. The number of carbonyl (C=O) groups is 1. The summed E-state index contributed by atoms with van der Waals surface area (Å²) in [6, 6.07) is 8.36. The predicted molar refractivity (Wildman–Crippen MR) is 106 cm³/mol. The molecule has 2 aromatic carbocycles. The van der Waals surface area contributed by atoms with E-state index in [4.69, 9.17) is 4.74 Å². The summed E-state index contributed by atoms with van der Waals surface area (Å²) in [7, 11) is 1.40. The number of aromatic hydroxyl groups is 1. The van der Waals surface area contributed by atoms with Crippen molar-refractivity contribution >= 4 is 11.9 Å². The van der Waals surface area contributed by atoms with Crippen molar-refractivity contribution in [1.82, 2.24) is 10.6 Å². The van der Waals surface area contributed by atoms with Crippen LogP contribution in [0.5, 0.6) is 11.5 Å². The molecule has 0 atom stereocenters. The van der Waals surface area contributed by atoms with Crippen molar-refractivity contribution in [3.63, 3.8) is 0 Å². The number of methoxy groups -OCH3 is 1. The third kappa shape index (κ3) is 4.14. The van der Waals surface area contributed by atoms with Gasteiger partial charge in [-0.3, -0.25) is 15.1 Å². The lowest BCUT2D eigenvalue weighted by Crippen LogP contribution is -2.49. The molecule has 0 unspecified atom stereocenters. The van der Waals surface area contributed by atoms with Crippen LogP contribution in [0.3, 0.4) is 0 Å². The van der Waals surface area contributed by atoms with Gasteiger partial charge in [-0.1, -0.05) is 13.8 Å². The number of guanidine groups is 1. The Balaban J connectivity index is 2.11. The van der Waals surface area contributed by atoms with E-state index < -0.39 is 11.7 Å². The Morgan fingerprint density at radius 1 is 1.38 bits per heavy atom. The Morgan fingerprint density at radius 3 is 2.76 bits per heavy atom. The fourth-order valence-corrected chi connectivity index (χ4v) is 3.05. The van der Waals surface area contributed by atoms with Crippen LogP contribution in [0.4, 0.5) is 4.39 Å². The first kappa shape index (κ1) is 20.1. The van der Waals surface area contributed by atoms with Crippen LogP contribution in [0.25, 0.3) is 11.1 Å². The van der Waals surface area contributed by atoms with E-state index in [0.717, 1.165) is 6.07 Å². The van der Waals surface area contributed by atoms with E-state index >= 15 is 0 Å². The van der Waals surface area contributed by atoms with Gasteiger partial charge in [0.15, 0.2) is 5.96 Å². The van der Waals surface area contributed by atoms with E-state index in [9.17, 15) is 19.6 Å². The lowest BCUT2D eigenvalue weighted by molar-refractivity contribution is 0.0972. The highest BCUT2D eigenvalue weighted by Gasteiger charge is 2.27. The monoisotopic (exact) mass is 396 g/mol. The number of hydrogen-bond donors (Lipinski definition) is 3. The number of phenolic OH excluding ortho intramolecular Hbond substituents is 1. The number of ether oxygens (including phenoxy) is 1. The molecule has 0 aromatic heterocycles. The number of nitrogens with zero attached hydrogens (tertiary/aromatic N) is 2. The number of nitrogens with one attached hydrogen (secondary N) is 2. The molecule has 150 valence electrons. The van der Waals surface area contributed by atoms with E-state index in [1.165, 1.54) is 31.4 Å². The van der Waals surface area contributed by atoms with Gasteiger partial charge < -0.3 is 15.2 Å². The van der Waals surface area contributed by atoms with E-state index in [-0.39, 0.29) is 45.1 Å². The van der Waals surface area contributed by atoms with Crippen molar-refractivity contribution in [2.75, 3.05) is 20.2 Å². The topological polar surface area (TPSA) is 107 Å². The highest BCUT2D eigenvalue weighted by Crippen LogP contribution is 2.38. The number of phenols is 1. The summed E-state index contributed by atoms with van der Waals surface area (Å²) in [4.78, 5) is 17.3. The second-order valence-corrected chi connectivity index (χ2v) is 7.48. The zero-order chi connectivity index (χ0) is 21.2. The Kier molecular flexibility index (Phi) is 5.41. The van der Waals surface area contributed by atoms with Gasteiger partial charge in [0.05, 0.1) is 24.3 Å². The van der Waals surface area contributed by atoms with E-state index in [1.807, 2.05) is 19.9 Å². The van der Waals surface area contributed by atoms with Crippen molar-refractivity contribution in [3.8, 4) is 28.7 Å². The number of benzene rings is 2. The lowest BCUT2D eigenvalue weighted by Gasteiger charge is -2.29. The Hall–Kier alpha value is -3.60. The normalized spacial score (nSPS) is 14.9. The molecule has 2 aromatic rings. The van der Waals surface area contributed by atoms with Crippen molar-refractivity contribution < 1.29 is 19.0 Å². The van der Waals surface area contributed by atoms with Crippen LogP contribution in [-0.2, 0) is 0 Å². The first-order valence-electron chi connectivity index (χ1n) is 8.95. The summed E-state index contributed by atoms with van der Waals surface area (Å²) < 4.78 is 19.2. The van der Waals surface area contributed by atoms with Crippen molar-refractivity contribution in [3.05, 3.63) is 47.3 Å². The fraction of sp³-hybridized carbons (Fsp3) is 0.286. The summed E-state index contributed by atoms with van der Waals surface area (Å²) in [5, 5.41) is 25.6. The number of halogens is 1. The van der Waals surface area contributed by atoms with Gasteiger partial charge in [0.1, 0.15) is 17.3 Å². The van der Waals surface area contributed by atoms with Gasteiger partial charge in [0, 0.05) is 29.6 Å². The van der Waals surface area contributed by atoms with E-state index in [0.29, 0.717) is 13.1 Å². The summed E-state index contributed by atoms with van der Waals surface area (Å²) in [6.07, 6.45) is 0. The van der Waals surface area contributed by atoms with E-state index in [2.05, 4.69) is 15.6 Å². The summed E-state index contributed by atoms with van der Waals surface area (Å²) in [5.41, 5.74) is 0.152. The maximum atomic E-state index is 14.0. The molecule has 3 rings (SSSR count). The Bertz CT molecular complexity index is 1040. The van der Waals surface area contributed by atoms with Crippen LogP contribution in [0.2, 0.25) is 0 Å². The lowest BCUT2D eigenvalue weighted by atomic mass is 9.92. The molecule has 0 fully saturated rings. The molecular weight excluding hydrogens is 375 g/mol. The Labute approximate surface area is 167 Å². The van der Waals surface area contributed by atoms with Gasteiger partial charge in [-0.15, -0.1) is 0 Å². The van der Waals surface area contributed by atoms with Gasteiger partial charge in [-0.05, 0) is 30.3 Å².